The van der Waals surface area contributed by atoms with Crippen LogP contribution in [0.1, 0.15) is 50.9 Å². The number of thiophene rings is 1. The Morgan fingerprint density at radius 2 is 2.08 bits per heavy atom. The standard InChI is InChI=1S/C19H28N2O4S/c1-5-16-17(15(22)9-25-16)21-19(24)14(8-12(4)11(2)3)20-18(23)13-6-7-26-10-13/h6-7,10-12,14,16-17H,5,8-9H2,1-4H3,(H,20,23)(H,21,24)/t12?,14-,16?,17?/m0/s1. The third-order valence-corrected chi connectivity index (χ3v) is 5.69. The second-order valence-electron chi connectivity index (χ2n) is 7.21. The molecule has 0 aromatic carbocycles. The number of rotatable bonds is 8. The van der Waals surface area contributed by atoms with Crippen LogP contribution in [0.3, 0.4) is 0 Å². The molecule has 7 heteroatoms. The Morgan fingerprint density at radius 3 is 2.65 bits per heavy atom. The second-order valence-corrected chi connectivity index (χ2v) is 7.99. The fourth-order valence-electron chi connectivity index (χ4n) is 2.87. The smallest absolute Gasteiger partial charge is 0.252 e. The van der Waals surface area contributed by atoms with Gasteiger partial charge >= 0.3 is 0 Å². The maximum atomic E-state index is 12.8. The van der Waals surface area contributed by atoms with Gasteiger partial charge in [-0.25, -0.2) is 0 Å². The molecule has 1 aliphatic heterocycles. The highest BCUT2D eigenvalue weighted by atomic mass is 32.1. The molecule has 0 radical (unpaired) electrons. The Bertz CT molecular complexity index is 629. The van der Waals surface area contributed by atoms with E-state index in [1.807, 2.05) is 12.3 Å². The van der Waals surface area contributed by atoms with Crippen molar-refractivity contribution >= 4 is 28.9 Å². The molecule has 0 spiro atoms. The van der Waals surface area contributed by atoms with Crippen LogP contribution in [-0.4, -0.2) is 42.4 Å². The number of nitrogens with one attached hydrogen (secondary N) is 2. The van der Waals surface area contributed by atoms with Gasteiger partial charge in [0, 0.05) is 5.38 Å². The molecule has 1 aromatic rings. The molecule has 0 aliphatic carbocycles. The summed E-state index contributed by atoms with van der Waals surface area (Å²) in [5.74, 6) is -0.106. The molecule has 1 aliphatic rings. The number of Topliss-reactive ketones (excluding diaryl/α,β-unsaturated/α-hetero) is 1. The maximum absolute atomic E-state index is 12.8. The van der Waals surface area contributed by atoms with Crippen LogP contribution < -0.4 is 10.6 Å². The predicted molar refractivity (Wildman–Crippen MR) is 101 cm³/mol. The van der Waals surface area contributed by atoms with Crippen molar-refractivity contribution in [3.05, 3.63) is 22.4 Å². The molecule has 2 heterocycles. The monoisotopic (exact) mass is 380 g/mol. The summed E-state index contributed by atoms with van der Waals surface area (Å²) in [6.07, 6.45) is 0.852. The van der Waals surface area contributed by atoms with Crippen molar-refractivity contribution in [2.24, 2.45) is 11.8 Å². The minimum absolute atomic E-state index is 0.0256. The van der Waals surface area contributed by atoms with Crippen LogP contribution in [0.15, 0.2) is 16.8 Å². The fraction of sp³-hybridized carbons (Fsp3) is 0.632. The summed E-state index contributed by atoms with van der Waals surface area (Å²) in [7, 11) is 0. The molecule has 1 fully saturated rings. The van der Waals surface area contributed by atoms with E-state index in [4.69, 9.17) is 4.74 Å². The van der Waals surface area contributed by atoms with E-state index in [1.54, 1.807) is 11.4 Å². The summed E-state index contributed by atoms with van der Waals surface area (Å²) in [6.45, 7) is 8.17. The van der Waals surface area contributed by atoms with Gasteiger partial charge in [0.15, 0.2) is 5.78 Å². The molecule has 2 N–H and O–H groups in total. The van der Waals surface area contributed by atoms with Crippen molar-refractivity contribution in [3.8, 4) is 0 Å². The molecular weight excluding hydrogens is 352 g/mol. The van der Waals surface area contributed by atoms with E-state index in [1.165, 1.54) is 11.3 Å². The molecule has 2 amide bonds. The van der Waals surface area contributed by atoms with Crippen LogP contribution in [0.25, 0.3) is 0 Å². The number of carbonyl (C=O) groups is 3. The summed E-state index contributed by atoms with van der Waals surface area (Å²) in [6, 6.07) is 0.399. The lowest BCUT2D eigenvalue weighted by Crippen LogP contribution is -2.53. The summed E-state index contributed by atoms with van der Waals surface area (Å²) in [5, 5.41) is 9.20. The van der Waals surface area contributed by atoms with E-state index in [-0.39, 0.29) is 36.2 Å². The first-order chi connectivity index (χ1) is 12.3. The molecule has 144 valence electrons. The number of hydrogen-bond acceptors (Lipinski definition) is 5. The zero-order valence-electron chi connectivity index (χ0n) is 15.8. The minimum atomic E-state index is -0.689. The third kappa shape index (κ3) is 5.14. The Hall–Kier alpha value is -1.73. The second kappa shape index (κ2) is 9.28. The largest absolute Gasteiger partial charge is 0.368 e. The van der Waals surface area contributed by atoms with Gasteiger partial charge in [-0.05, 0) is 36.1 Å². The van der Waals surface area contributed by atoms with Gasteiger partial charge in [0.25, 0.3) is 5.91 Å². The Balaban J connectivity index is 2.09. The molecule has 3 unspecified atom stereocenters. The van der Waals surface area contributed by atoms with Gasteiger partial charge in [0.1, 0.15) is 18.7 Å². The first-order valence-electron chi connectivity index (χ1n) is 9.11. The van der Waals surface area contributed by atoms with E-state index >= 15 is 0 Å². The molecule has 2 rings (SSSR count). The maximum Gasteiger partial charge on any atom is 0.252 e. The van der Waals surface area contributed by atoms with Gasteiger partial charge in [-0.3, -0.25) is 14.4 Å². The number of ketones is 1. The molecule has 1 saturated heterocycles. The predicted octanol–water partition coefficient (Wildman–Crippen LogP) is 2.39. The summed E-state index contributed by atoms with van der Waals surface area (Å²) >= 11 is 1.43. The van der Waals surface area contributed by atoms with E-state index in [9.17, 15) is 14.4 Å². The summed E-state index contributed by atoms with van der Waals surface area (Å²) in [5.41, 5.74) is 0.539. The normalized spacial score (nSPS) is 22.3. The molecule has 0 saturated carbocycles. The number of hydrogen-bond donors (Lipinski definition) is 2. The van der Waals surface area contributed by atoms with Crippen molar-refractivity contribution in [2.45, 2.75) is 58.7 Å². The Morgan fingerprint density at radius 1 is 1.35 bits per heavy atom. The van der Waals surface area contributed by atoms with Crippen molar-refractivity contribution < 1.29 is 19.1 Å². The van der Waals surface area contributed by atoms with Gasteiger partial charge in [-0.15, -0.1) is 0 Å². The van der Waals surface area contributed by atoms with Gasteiger partial charge in [0.05, 0.1) is 11.7 Å². The molecule has 26 heavy (non-hydrogen) atoms. The number of ether oxygens (including phenoxy) is 1. The van der Waals surface area contributed by atoms with Gasteiger partial charge in [-0.1, -0.05) is 27.7 Å². The van der Waals surface area contributed by atoms with Gasteiger partial charge in [-0.2, -0.15) is 11.3 Å². The SMILES string of the molecule is CCC1OCC(=O)C1NC(=O)[C@H](CC(C)C(C)C)NC(=O)c1ccsc1. The van der Waals surface area contributed by atoms with E-state index in [0.717, 1.165) is 0 Å². The van der Waals surface area contributed by atoms with E-state index < -0.39 is 12.1 Å². The molecule has 6 nitrogen and oxygen atoms in total. The third-order valence-electron chi connectivity index (χ3n) is 5.01. The highest BCUT2D eigenvalue weighted by molar-refractivity contribution is 7.08. The van der Waals surface area contributed by atoms with Crippen LogP contribution in [0, 0.1) is 11.8 Å². The Labute approximate surface area is 158 Å². The van der Waals surface area contributed by atoms with Gasteiger partial charge in [0.2, 0.25) is 5.91 Å². The zero-order valence-corrected chi connectivity index (χ0v) is 16.6. The molecule has 0 bridgehead atoms. The van der Waals surface area contributed by atoms with Crippen molar-refractivity contribution in [2.75, 3.05) is 6.61 Å². The van der Waals surface area contributed by atoms with Crippen LogP contribution in [0.5, 0.6) is 0 Å². The molecule has 1 aromatic heterocycles. The number of amides is 2. The first kappa shape index (κ1) is 20.6. The number of carbonyl (C=O) groups excluding carboxylic acids is 3. The lowest BCUT2D eigenvalue weighted by molar-refractivity contribution is -0.128. The highest BCUT2D eigenvalue weighted by Crippen LogP contribution is 2.19. The topological polar surface area (TPSA) is 84.5 Å². The minimum Gasteiger partial charge on any atom is -0.368 e. The van der Waals surface area contributed by atoms with Crippen LogP contribution >= 0.6 is 11.3 Å². The van der Waals surface area contributed by atoms with Crippen LogP contribution in [0.4, 0.5) is 0 Å². The van der Waals surface area contributed by atoms with Crippen molar-refractivity contribution in [1.29, 1.82) is 0 Å². The lowest BCUT2D eigenvalue weighted by atomic mass is 9.90. The van der Waals surface area contributed by atoms with Crippen LogP contribution in [0.2, 0.25) is 0 Å². The van der Waals surface area contributed by atoms with E-state index in [2.05, 4.69) is 31.4 Å². The fourth-order valence-corrected chi connectivity index (χ4v) is 3.51. The van der Waals surface area contributed by atoms with Crippen molar-refractivity contribution in [3.63, 3.8) is 0 Å². The van der Waals surface area contributed by atoms with Crippen molar-refractivity contribution in [1.82, 2.24) is 10.6 Å². The summed E-state index contributed by atoms with van der Waals surface area (Å²) in [4.78, 5) is 37.3. The highest BCUT2D eigenvalue weighted by Gasteiger charge is 2.37. The quantitative estimate of drug-likeness (QED) is 0.725. The van der Waals surface area contributed by atoms with E-state index in [0.29, 0.717) is 24.3 Å². The van der Waals surface area contributed by atoms with Gasteiger partial charge < -0.3 is 15.4 Å². The lowest BCUT2D eigenvalue weighted by Gasteiger charge is -2.26. The zero-order chi connectivity index (χ0) is 19.3. The first-order valence-corrected chi connectivity index (χ1v) is 10.1. The summed E-state index contributed by atoms with van der Waals surface area (Å²) < 4.78 is 5.42. The molecular formula is C19H28N2O4S. The Kier molecular flexibility index (Phi) is 7.34. The average molecular weight is 381 g/mol. The molecule has 4 atom stereocenters. The average Bonchev–Trinajstić information content (AvgIpc) is 3.24. The van der Waals surface area contributed by atoms with Crippen LogP contribution in [-0.2, 0) is 14.3 Å².